The first-order chi connectivity index (χ1) is 19.6. The zero-order valence-corrected chi connectivity index (χ0v) is 24.1. The van der Waals surface area contributed by atoms with E-state index >= 15 is 0 Å². The molecule has 0 unspecified atom stereocenters. The molecule has 0 spiro atoms. The fraction of sp³-hybridized carbons (Fsp3) is 0.148. The van der Waals surface area contributed by atoms with Gasteiger partial charge in [0.1, 0.15) is 12.7 Å². The van der Waals surface area contributed by atoms with Crippen molar-refractivity contribution in [3.05, 3.63) is 83.4 Å². The van der Waals surface area contributed by atoms with Crippen molar-refractivity contribution in [1.82, 2.24) is 35.7 Å². The molecule has 42 heavy (non-hydrogen) atoms. The van der Waals surface area contributed by atoms with Gasteiger partial charge in [0.15, 0.2) is 11.6 Å². The maximum absolute atomic E-state index is 11.5. The van der Waals surface area contributed by atoms with Crippen LogP contribution in [0.5, 0.6) is 0 Å². The zero-order valence-electron chi connectivity index (χ0n) is 22.6. The number of aromatic nitrogens is 6. The molecule has 2 aromatic heterocycles. The summed E-state index contributed by atoms with van der Waals surface area (Å²) in [5, 5.41) is 9.50. The number of esters is 1. The summed E-state index contributed by atoms with van der Waals surface area (Å²) in [6.45, 7) is 3.93. The minimum absolute atomic E-state index is 0. The molecular formula is C27H28Cl2N8O5. The van der Waals surface area contributed by atoms with Gasteiger partial charge in [-0.2, -0.15) is 0 Å². The molecule has 0 saturated heterocycles. The topological polar surface area (TPSA) is 192 Å². The molecule has 0 bridgehead atoms. The first kappa shape index (κ1) is 33.4. The summed E-state index contributed by atoms with van der Waals surface area (Å²) in [6, 6.07) is 14.3. The van der Waals surface area contributed by atoms with Crippen LogP contribution in [0, 0.1) is 5.92 Å². The molecule has 0 saturated carbocycles. The summed E-state index contributed by atoms with van der Waals surface area (Å²) >= 11 is 11.8. The van der Waals surface area contributed by atoms with Crippen LogP contribution in [0.25, 0.3) is 35.2 Å². The highest BCUT2D eigenvalue weighted by Crippen LogP contribution is 2.19. The van der Waals surface area contributed by atoms with E-state index in [1.807, 2.05) is 32.0 Å². The third-order valence-electron chi connectivity index (χ3n) is 4.66. The number of nitrogens with zero attached hydrogens (tertiary/aromatic N) is 6. The molecule has 13 nitrogen and oxygen atoms in total. The molecule has 4 aromatic rings. The summed E-state index contributed by atoms with van der Waals surface area (Å²) in [5.41, 5.74) is 6.53. The van der Waals surface area contributed by atoms with Gasteiger partial charge in [-0.25, -0.2) is 28.9 Å². The molecule has 1 amide bonds. The van der Waals surface area contributed by atoms with Crippen LogP contribution >= 0.6 is 23.2 Å². The number of carbonyl (C=O) groups excluding carboxylic acids is 3. The second-order valence-corrected chi connectivity index (χ2v) is 9.40. The minimum atomic E-state index is -1.03. The number of nitrogens with two attached hydrogens (primary N) is 1. The first-order valence-electron chi connectivity index (χ1n) is 12.0. The first-order valence-corrected chi connectivity index (χ1v) is 12.7. The van der Waals surface area contributed by atoms with Gasteiger partial charge in [-0.05, 0) is 30.2 Å². The maximum atomic E-state index is 11.5. The summed E-state index contributed by atoms with van der Waals surface area (Å²) in [7, 11) is 0. The van der Waals surface area contributed by atoms with Crippen molar-refractivity contribution < 1.29 is 23.9 Å². The minimum Gasteiger partial charge on any atom is -0.434 e. The molecule has 4 rings (SSSR count). The fourth-order valence-corrected chi connectivity index (χ4v) is 3.26. The van der Waals surface area contributed by atoms with E-state index in [2.05, 4.69) is 24.9 Å². The number of rotatable bonds is 8. The molecule has 0 radical (unpaired) electrons. The molecular weight excluding hydrogens is 587 g/mol. The smallest absolute Gasteiger partial charge is 0.434 e. The number of carbonyl (C=O) groups is 3. The molecule has 2 aromatic carbocycles. The number of halogens is 2. The van der Waals surface area contributed by atoms with Crippen LogP contribution in [0.1, 0.15) is 13.8 Å². The van der Waals surface area contributed by atoms with Crippen molar-refractivity contribution in [1.29, 1.82) is 0 Å². The lowest BCUT2D eigenvalue weighted by molar-refractivity contribution is -0.134. The normalized spacial score (nSPS) is 10.7. The molecule has 2 heterocycles. The Labute approximate surface area is 251 Å². The van der Waals surface area contributed by atoms with E-state index in [9.17, 15) is 14.4 Å². The van der Waals surface area contributed by atoms with Gasteiger partial charge in [0, 0.05) is 45.7 Å². The van der Waals surface area contributed by atoms with E-state index in [1.165, 1.54) is 40.5 Å². The molecule has 220 valence electrons. The Hall–Kier alpha value is -4.85. The van der Waals surface area contributed by atoms with E-state index in [0.717, 1.165) is 17.2 Å². The second-order valence-electron chi connectivity index (χ2n) is 8.53. The Bertz CT molecular complexity index is 1570. The van der Waals surface area contributed by atoms with Crippen LogP contribution in [0.15, 0.2) is 73.3 Å². The highest BCUT2D eigenvalue weighted by Gasteiger charge is 2.10. The summed E-state index contributed by atoms with van der Waals surface area (Å²) in [6.07, 6.45) is 6.87. The van der Waals surface area contributed by atoms with Crippen molar-refractivity contribution >= 4 is 53.6 Å². The second kappa shape index (κ2) is 16.4. The largest absolute Gasteiger partial charge is 0.516 e. The Morgan fingerprint density at radius 1 is 0.881 bits per heavy atom. The quantitative estimate of drug-likeness (QED) is 0.153. The van der Waals surface area contributed by atoms with Crippen molar-refractivity contribution in [3.8, 4) is 22.8 Å². The van der Waals surface area contributed by atoms with E-state index < -0.39 is 18.0 Å². The number of amides is 1. The van der Waals surface area contributed by atoms with Gasteiger partial charge in [-0.3, -0.25) is 4.79 Å². The van der Waals surface area contributed by atoms with Crippen LogP contribution in [-0.2, 0) is 19.1 Å². The van der Waals surface area contributed by atoms with Crippen LogP contribution in [0.4, 0.5) is 4.79 Å². The van der Waals surface area contributed by atoms with Gasteiger partial charge < -0.3 is 21.4 Å². The number of primary amides is 1. The van der Waals surface area contributed by atoms with Crippen molar-refractivity contribution in [2.24, 2.45) is 11.7 Å². The van der Waals surface area contributed by atoms with Crippen molar-refractivity contribution in [3.63, 3.8) is 0 Å². The fourth-order valence-electron chi connectivity index (χ4n) is 2.88. The summed E-state index contributed by atoms with van der Waals surface area (Å²) < 4.78 is 11.9. The average molecular weight is 615 g/mol. The lowest BCUT2D eigenvalue weighted by Crippen LogP contribution is -2.14. The molecule has 0 aliphatic heterocycles. The highest BCUT2D eigenvalue weighted by atomic mass is 35.5. The van der Waals surface area contributed by atoms with Gasteiger partial charge >= 0.3 is 12.1 Å². The maximum Gasteiger partial charge on any atom is 0.516 e. The van der Waals surface area contributed by atoms with E-state index in [-0.39, 0.29) is 18.7 Å². The molecule has 0 atom stereocenters. The van der Waals surface area contributed by atoms with Crippen LogP contribution < -0.4 is 11.9 Å². The van der Waals surface area contributed by atoms with Gasteiger partial charge in [-0.1, -0.05) is 61.3 Å². The van der Waals surface area contributed by atoms with E-state index in [0.29, 0.717) is 21.7 Å². The predicted octanol–water partition coefficient (Wildman–Crippen LogP) is 5.12. The van der Waals surface area contributed by atoms with E-state index in [1.54, 1.807) is 30.3 Å². The average Bonchev–Trinajstić information content (AvgIpc) is 3.60. The predicted molar refractivity (Wildman–Crippen MR) is 158 cm³/mol. The van der Waals surface area contributed by atoms with Gasteiger partial charge in [-0.15, -0.1) is 10.2 Å². The monoisotopic (exact) mass is 614 g/mol. The Morgan fingerprint density at radius 2 is 1.38 bits per heavy atom. The van der Waals surface area contributed by atoms with Gasteiger partial charge in [0.25, 0.3) is 0 Å². The molecule has 0 aliphatic rings. The molecule has 0 fully saturated rings. The summed E-state index contributed by atoms with van der Waals surface area (Å²) in [4.78, 5) is 41.5. The SMILES string of the molecule is CC(C)COC(=O)OC(=O)/C=C\n1cnc(-c2cccc(Cl)c2)n1.N.NC(=O)/C=C\n1cnc(-c2cccc(Cl)c2)n1. The lowest BCUT2D eigenvalue weighted by atomic mass is 10.2. The van der Waals surface area contributed by atoms with Crippen LogP contribution in [0.2, 0.25) is 10.0 Å². The van der Waals surface area contributed by atoms with Crippen molar-refractivity contribution in [2.45, 2.75) is 13.8 Å². The van der Waals surface area contributed by atoms with Crippen LogP contribution in [-0.4, -0.2) is 54.2 Å². The number of hydrogen-bond donors (Lipinski definition) is 2. The van der Waals surface area contributed by atoms with E-state index in [4.69, 9.17) is 33.7 Å². The molecule has 5 N–H and O–H groups in total. The Morgan fingerprint density at radius 3 is 1.83 bits per heavy atom. The summed E-state index contributed by atoms with van der Waals surface area (Å²) in [5.74, 6) is -0.259. The number of hydrogen-bond acceptors (Lipinski definition) is 10. The zero-order chi connectivity index (χ0) is 29.8. The lowest BCUT2D eigenvalue weighted by Gasteiger charge is -2.05. The molecule has 0 aliphatic carbocycles. The third kappa shape index (κ3) is 11.3. The van der Waals surface area contributed by atoms with Crippen LogP contribution in [0.3, 0.4) is 0 Å². The van der Waals surface area contributed by atoms with Crippen molar-refractivity contribution in [2.75, 3.05) is 6.61 Å². The number of benzene rings is 2. The third-order valence-corrected chi connectivity index (χ3v) is 5.13. The molecule has 15 heteroatoms. The number of ether oxygens (including phenoxy) is 2. The van der Waals surface area contributed by atoms with Gasteiger partial charge in [0.05, 0.1) is 6.61 Å². The highest BCUT2D eigenvalue weighted by molar-refractivity contribution is 6.31. The Balaban J connectivity index is 0.000000302. The standard InChI is InChI=1S/C16H16ClN3O4.C11H9ClN4O.H3N/c1-11(2)9-23-16(22)24-14(21)6-7-20-10-18-15(19-20)12-4-3-5-13(17)8-12;12-9-3-1-2-8(6-9)11-14-7-16(15-11)5-4-10(13)17;/h3-8,10-11H,9H2,1-2H3;1-7H,(H2,13,17);1H3/b7-6-;5-4-;. The Kier molecular flexibility index (Phi) is 13.0. The van der Waals surface area contributed by atoms with Gasteiger partial charge in [0.2, 0.25) is 5.91 Å².